The number of carboxylic acids is 1. The number of thiazole rings is 1. The van der Waals surface area contributed by atoms with Gasteiger partial charge in [0.2, 0.25) is 0 Å². The topological polar surface area (TPSA) is 71.9 Å². The molecule has 1 N–H and O–H groups in total. The number of carbonyl (C=O) groups is 1. The quantitative estimate of drug-likeness (QED) is 0.838. The third-order valence-corrected chi connectivity index (χ3v) is 4.55. The van der Waals surface area contributed by atoms with E-state index in [1.54, 1.807) is 33.1 Å². The van der Waals surface area contributed by atoms with Crippen LogP contribution in [-0.2, 0) is 11.3 Å². The molecule has 1 atom stereocenters. The van der Waals surface area contributed by atoms with Crippen LogP contribution in [0.1, 0.15) is 12.6 Å². The monoisotopic (exact) mass is 336 g/mol. The smallest absolute Gasteiger partial charge is 0.320 e. The molecule has 23 heavy (non-hydrogen) atoms. The highest BCUT2D eigenvalue weighted by atomic mass is 32.1. The SMILES string of the molecule is COc1ccc(-c2nc(CN(C)C(C)C(=O)O)cs2)c(OC)c1. The molecule has 0 aliphatic heterocycles. The van der Waals surface area contributed by atoms with Crippen molar-refractivity contribution in [2.45, 2.75) is 19.5 Å². The van der Waals surface area contributed by atoms with Gasteiger partial charge < -0.3 is 14.6 Å². The number of nitrogens with zero attached hydrogens (tertiary/aromatic N) is 2. The molecule has 0 fully saturated rings. The largest absolute Gasteiger partial charge is 0.497 e. The van der Waals surface area contributed by atoms with Crippen LogP contribution in [0, 0.1) is 0 Å². The second-order valence-electron chi connectivity index (χ2n) is 5.14. The summed E-state index contributed by atoms with van der Waals surface area (Å²) in [7, 11) is 4.98. The van der Waals surface area contributed by atoms with Gasteiger partial charge >= 0.3 is 5.97 Å². The molecule has 0 aliphatic carbocycles. The maximum atomic E-state index is 11.0. The minimum Gasteiger partial charge on any atom is -0.497 e. The summed E-state index contributed by atoms with van der Waals surface area (Å²) in [5, 5.41) is 11.8. The highest BCUT2D eigenvalue weighted by Gasteiger charge is 2.18. The van der Waals surface area contributed by atoms with Gasteiger partial charge in [0.25, 0.3) is 0 Å². The van der Waals surface area contributed by atoms with Gasteiger partial charge in [0.1, 0.15) is 22.5 Å². The van der Waals surface area contributed by atoms with Crippen molar-refractivity contribution in [1.82, 2.24) is 9.88 Å². The zero-order chi connectivity index (χ0) is 17.0. The van der Waals surface area contributed by atoms with Gasteiger partial charge in [-0.2, -0.15) is 0 Å². The predicted octanol–water partition coefficient (Wildman–Crippen LogP) is 2.73. The Labute approximate surface area is 139 Å². The molecule has 0 amide bonds. The average molecular weight is 336 g/mol. The number of hydrogen-bond acceptors (Lipinski definition) is 6. The standard InChI is InChI=1S/C16H20N2O4S/c1-10(16(19)20)18(2)8-11-9-23-15(17-11)13-6-5-12(21-3)7-14(13)22-4/h5-7,9-10H,8H2,1-4H3,(H,19,20). The Kier molecular flexibility index (Phi) is 5.57. The maximum Gasteiger partial charge on any atom is 0.320 e. The summed E-state index contributed by atoms with van der Waals surface area (Å²) in [5.41, 5.74) is 1.72. The second kappa shape index (κ2) is 7.43. The van der Waals surface area contributed by atoms with Crippen LogP contribution in [0.4, 0.5) is 0 Å². The summed E-state index contributed by atoms with van der Waals surface area (Å²) in [6.07, 6.45) is 0. The average Bonchev–Trinajstić information content (AvgIpc) is 3.01. The number of benzene rings is 1. The first kappa shape index (κ1) is 17.2. The molecule has 1 aromatic carbocycles. The van der Waals surface area contributed by atoms with E-state index in [0.29, 0.717) is 12.3 Å². The van der Waals surface area contributed by atoms with Crippen molar-refractivity contribution in [3.63, 3.8) is 0 Å². The number of hydrogen-bond donors (Lipinski definition) is 1. The van der Waals surface area contributed by atoms with E-state index in [1.165, 1.54) is 11.3 Å². The number of likely N-dealkylation sites (N-methyl/N-ethyl adjacent to an activating group) is 1. The third-order valence-electron chi connectivity index (χ3n) is 3.62. The van der Waals surface area contributed by atoms with Crippen LogP contribution in [0.3, 0.4) is 0 Å². The van der Waals surface area contributed by atoms with Gasteiger partial charge in [0.05, 0.1) is 25.5 Å². The summed E-state index contributed by atoms with van der Waals surface area (Å²) in [6, 6.07) is 5.02. The van der Waals surface area contributed by atoms with Gasteiger partial charge in [-0.3, -0.25) is 9.69 Å². The Hall–Kier alpha value is -2.12. The Morgan fingerprint density at radius 2 is 2.13 bits per heavy atom. The summed E-state index contributed by atoms with van der Waals surface area (Å²) in [4.78, 5) is 17.3. The van der Waals surface area contributed by atoms with Crippen molar-refractivity contribution in [2.75, 3.05) is 21.3 Å². The van der Waals surface area contributed by atoms with Crippen molar-refractivity contribution in [3.8, 4) is 22.1 Å². The maximum absolute atomic E-state index is 11.0. The molecule has 2 rings (SSSR count). The lowest BCUT2D eigenvalue weighted by atomic mass is 10.2. The van der Waals surface area contributed by atoms with E-state index in [-0.39, 0.29) is 0 Å². The van der Waals surface area contributed by atoms with Gasteiger partial charge in [-0.05, 0) is 26.1 Å². The zero-order valence-corrected chi connectivity index (χ0v) is 14.4. The van der Waals surface area contributed by atoms with Gasteiger partial charge in [0.15, 0.2) is 0 Å². The minimum atomic E-state index is -0.847. The lowest BCUT2D eigenvalue weighted by Crippen LogP contribution is -2.35. The molecule has 0 spiro atoms. The fourth-order valence-electron chi connectivity index (χ4n) is 2.06. The van der Waals surface area contributed by atoms with Crippen LogP contribution < -0.4 is 9.47 Å². The molecule has 124 valence electrons. The summed E-state index contributed by atoms with van der Waals surface area (Å²) < 4.78 is 10.6. The summed E-state index contributed by atoms with van der Waals surface area (Å²) >= 11 is 1.50. The summed E-state index contributed by atoms with van der Waals surface area (Å²) in [6.45, 7) is 2.13. The molecule has 0 radical (unpaired) electrons. The van der Waals surface area contributed by atoms with Crippen LogP contribution >= 0.6 is 11.3 Å². The molecule has 1 aromatic heterocycles. The molecule has 7 heteroatoms. The first-order chi connectivity index (χ1) is 11.0. The van der Waals surface area contributed by atoms with E-state index < -0.39 is 12.0 Å². The van der Waals surface area contributed by atoms with Gasteiger partial charge in [-0.25, -0.2) is 4.98 Å². The Balaban J connectivity index is 2.21. The molecular formula is C16H20N2O4S. The van der Waals surface area contributed by atoms with Crippen molar-refractivity contribution in [3.05, 3.63) is 29.3 Å². The minimum absolute atomic E-state index is 0.475. The van der Waals surface area contributed by atoms with Crippen molar-refractivity contribution < 1.29 is 19.4 Å². The molecule has 6 nitrogen and oxygen atoms in total. The first-order valence-electron chi connectivity index (χ1n) is 7.06. The molecule has 0 aliphatic rings. The number of aliphatic carboxylic acids is 1. The van der Waals surface area contributed by atoms with Crippen LogP contribution in [0.25, 0.3) is 10.6 Å². The van der Waals surface area contributed by atoms with E-state index in [0.717, 1.165) is 22.0 Å². The molecule has 1 unspecified atom stereocenters. The number of carboxylic acid groups (broad SMARTS) is 1. The number of ether oxygens (including phenoxy) is 2. The molecule has 1 heterocycles. The van der Waals surface area contributed by atoms with Gasteiger partial charge in [0, 0.05) is 18.0 Å². The molecule has 0 saturated heterocycles. The van der Waals surface area contributed by atoms with E-state index in [4.69, 9.17) is 14.6 Å². The van der Waals surface area contributed by atoms with E-state index in [1.807, 2.05) is 23.6 Å². The van der Waals surface area contributed by atoms with E-state index in [9.17, 15) is 4.79 Å². The van der Waals surface area contributed by atoms with Crippen molar-refractivity contribution >= 4 is 17.3 Å². The first-order valence-corrected chi connectivity index (χ1v) is 7.94. The Morgan fingerprint density at radius 1 is 1.39 bits per heavy atom. The van der Waals surface area contributed by atoms with Crippen LogP contribution in [0.5, 0.6) is 11.5 Å². The molecular weight excluding hydrogens is 316 g/mol. The molecule has 0 saturated carbocycles. The van der Waals surface area contributed by atoms with Gasteiger partial charge in [-0.15, -0.1) is 11.3 Å². The van der Waals surface area contributed by atoms with Crippen LogP contribution in [0.2, 0.25) is 0 Å². The third kappa shape index (κ3) is 4.00. The number of aromatic nitrogens is 1. The van der Waals surface area contributed by atoms with Crippen LogP contribution in [-0.4, -0.2) is 48.3 Å². The van der Waals surface area contributed by atoms with Crippen molar-refractivity contribution in [2.24, 2.45) is 0 Å². The van der Waals surface area contributed by atoms with E-state index in [2.05, 4.69) is 4.98 Å². The fourth-order valence-corrected chi connectivity index (χ4v) is 2.90. The molecule has 0 bridgehead atoms. The lowest BCUT2D eigenvalue weighted by Gasteiger charge is -2.19. The fraction of sp³-hybridized carbons (Fsp3) is 0.375. The highest BCUT2D eigenvalue weighted by Crippen LogP contribution is 2.35. The second-order valence-corrected chi connectivity index (χ2v) is 6.00. The van der Waals surface area contributed by atoms with Crippen molar-refractivity contribution in [1.29, 1.82) is 0 Å². The summed E-state index contributed by atoms with van der Waals surface area (Å²) in [5.74, 6) is 0.565. The number of rotatable bonds is 7. The van der Waals surface area contributed by atoms with Crippen LogP contribution in [0.15, 0.2) is 23.6 Å². The van der Waals surface area contributed by atoms with Gasteiger partial charge in [-0.1, -0.05) is 0 Å². The zero-order valence-electron chi connectivity index (χ0n) is 13.6. The Bertz CT molecular complexity index is 686. The molecule has 2 aromatic rings. The Morgan fingerprint density at radius 3 is 2.74 bits per heavy atom. The predicted molar refractivity (Wildman–Crippen MR) is 89.2 cm³/mol. The normalized spacial score (nSPS) is 12.2. The number of methoxy groups -OCH3 is 2. The lowest BCUT2D eigenvalue weighted by molar-refractivity contribution is -0.142. The van der Waals surface area contributed by atoms with E-state index >= 15 is 0 Å². The highest BCUT2D eigenvalue weighted by molar-refractivity contribution is 7.13.